The summed E-state index contributed by atoms with van der Waals surface area (Å²) in [6, 6.07) is 5.56. The first-order valence-electron chi connectivity index (χ1n) is 6.01. The van der Waals surface area contributed by atoms with E-state index in [1.54, 1.807) is 6.07 Å². The zero-order chi connectivity index (χ0) is 15.2. The average molecular weight is 306 g/mol. The first-order valence-corrected chi connectivity index (χ1v) is 7.56. The van der Waals surface area contributed by atoms with Gasteiger partial charge in [-0.15, -0.1) is 0 Å². The lowest BCUT2D eigenvalue weighted by Gasteiger charge is -2.08. The molecule has 9 heteroatoms. The maximum Gasteiger partial charge on any atom is 0.280 e. The Hall–Kier alpha value is -2.39. The van der Waals surface area contributed by atoms with E-state index >= 15 is 0 Å². The van der Waals surface area contributed by atoms with Crippen LogP contribution in [0.2, 0.25) is 0 Å². The van der Waals surface area contributed by atoms with Crippen molar-refractivity contribution in [3.63, 3.8) is 0 Å². The van der Waals surface area contributed by atoms with Gasteiger partial charge in [-0.25, -0.2) is 13.6 Å². The standard InChI is InChI=1S/C12H10N4O4S/c13-21(19,20)10-3-1-2-7-11(10)9(16(17)18)6-8-12(7)15-5-4-14-8/h1-3,6H,4-5H2,(H2,13,19,20). The largest absolute Gasteiger partial charge is 0.281 e. The first-order chi connectivity index (χ1) is 9.89. The number of nitro groups is 1. The van der Waals surface area contributed by atoms with Crippen molar-refractivity contribution in [1.82, 2.24) is 0 Å². The molecule has 3 rings (SSSR count). The van der Waals surface area contributed by atoms with Gasteiger partial charge in [-0.2, -0.15) is 0 Å². The molecule has 8 nitrogen and oxygen atoms in total. The number of nitro benzene ring substituents is 1. The summed E-state index contributed by atoms with van der Waals surface area (Å²) in [4.78, 5) is 18.8. The van der Waals surface area contributed by atoms with Crippen LogP contribution in [0.3, 0.4) is 0 Å². The molecule has 0 radical (unpaired) electrons. The molecular weight excluding hydrogens is 296 g/mol. The van der Waals surface area contributed by atoms with Crippen LogP contribution in [-0.4, -0.2) is 26.4 Å². The molecule has 0 saturated heterocycles. The van der Waals surface area contributed by atoms with E-state index in [9.17, 15) is 18.5 Å². The molecule has 21 heavy (non-hydrogen) atoms. The number of rotatable bonds is 2. The van der Waals surface area contributed by atoms with Crippen LogP contribution in [0, 0.1) is 10.1 Å². The van der Waals surface area contributed by atoms with E-state index in [4.69, 9.17) is 5.14 Å². The second-order valence-electron chi connectivity index (χ2n) is 4.51. The molecule has 108 valence electrons. The number of non-ortho nitro benzene ring substituents is 1. The fourth-order valence-corrected chi connectivity index (χ4v) is 3.17. The van der Waals surface area contributed by atoms with Crippen LogP contribution < -0.4 is 15.9 Å². The highest BCUT2D eigenvalue weighted by molar-refractivity contribution is 7.89. The first kappa shape index (κ1) is 13.6. The fraction of sp³-hybridized carbons (Fsp3) is 0.167. The van der Waals surface area contributed by atoms with E-state index < -0.39 is 14.9 Å². The summed E-state index contributed by atoms with van der Waals surface area (Å²) in [5.74, 6) is 0. The number of fused-ring (bicyclic) bond motifs is 3. The molecule has 1 heterocycles. The van der Waals surface area contributed by atoms with Gasteiger partial charge in [0.2, 0.25) is 10.0 Å². The highest BCUT2D eigenvalue weighted by Gasteiger charge is 2.23. The van der Waals surface area contributed by atoms with Crippen LogP contribution in [0.4, 0.5) is 5.69 Å². The summed E-state index contributed by atoms with van der Waals surface area (Å²) >= 11 is 0. The minimum atomic E-state index is -4.09. The second-order valence-corrected chi connectivity index (χ2v) is 6.04. The molecule has 0 unspecified atom stereocenters. The predicted molar refractivity (Wildman–Crippen MR) is 74.0 cm³/mol. The second kappa shape index (κ2) is 4.57. The monoisotopic (exact) mass is 306 g/mol. The van der Waals surface area contributed by atoms with Crippen LogP contribution >= 0.6 is 0 Å². The Morgan fingerprint density at radius 2 is 1.95 bits per heavy atom. The summed E-state index contributed by atoms with van der Waals surface area (Å²) in [6.45, 7) is 0.907. The van der Waals surface area contributed by atoms with Gasteiger partial charge >= 0.3 is 0 Å². The van der Waals surface area contributed by atoms with Crippen LogP contribution in [0.15, 0.2) is 39.1 Å². The van der Waals surface area contributed by atoms with Crippen molar-refractivity contribution in [2.75, 3.05) is 13.1 Å². The Labute approximate surface area is 118 Å². The minimum absolute atomic E-state index is 0.0235. The molecular formula is C12H10N4O4S. The third kappa shape index (κ3) is 2.16. The summed E-state index contributed by atoms with van der Waals surface area (Å²) in [5, 5.41) is 17.6. The van der Waals surface area contributed by atoms with Gasteiger partial charge in [-0.05, 0) is 6.07 Å². The van der Waals surface area contributed by atoms with E-state index in [0.717, 1.165) is 0 Å². The van der Waals surface area contributed by atoms with Gasteiger partial charge in [0.25, 0.3) is 5.69 Å². The predicted octanol–water partition coefficient (Wildman–Crippen LogP) is -0.352. The SMILES string of the molecule is NS(=O)(=O)c1cccc2c3c(cc([N+](=O)[O-])c12)=NCCN=3. The molecule has 1 aliphatic rings. The highest BCUT2D eigenvalue weighted by atomic mass is 32.2. The highest BCUT2D eigenvalue weighted by Crippen LogP contribution is 2.28. The van der Waals surface area contributed by atoms with Gasteiger partial charge in [-0.3, -0.25) is 20.1 Å². The number of benzene rings is 2. The molecule has 0 fully saturated rings. The van der Waals surface area contributed by atoms with Gasteiger partial charge < -0.3 is 0 Å². The van der Waals surface area contributed by atoms with Gasteiger partial charge in [0.05, 0.1) is 39.0 Å². The van der Waals surface area contributed by atoms with Crippen molar-refractivity contribution in [2.24, 2.45) is 15.1 Å². The van der Waals surface area contributed by atoms with Gasteiger partial charge in [-0.1, -0.05) is 12.1 Å². The topological polar surface area (TPSA) is 128 Å². The molecule has 0 atom stereocenters. The molecule has 0 saturated carbocycles. The Morgan fingerprint density at radius 3 is 2.62 bits per heavy atom. The molecule has 2 aromatic carbocycles. The lowest BCUT2D eigenvalue weighted by atomic mass is 10.1. The molecule has 2 N–H and O–H groups in total. The van der Waals surface area contributed by atoms with Crippen molar-refractivity contribution in [2.45, 2.75) is 4.90 Å². The van der Waals surface area contributed by atoms with Gasteiger partial charge in [0.15, 0.2) is 0 Å². The maximum absolute atomic E-state index is 11.7. The number of hydrogen-bond donors (Lipinski definition) is 1. The van der Waals surface area contributed by atoms with Crippen molar-refractivity contribution in [3.8, 4) is 0 Å². The molecule has 0 aromatic heterocycles. The Kier molecular flexibility index (Phi) is 2.96. The Bertz CT molecular complexity index is 998. The van der Waals surface area contributed by atoms with E-state index in [2.05, 4.69) is 9.98 Å². The lowest BCUT2D eigenvalue weighted by molar-refractivity contribution is -0.383. The molecule has 0 aliphatic carbocycles. The summed E-state index contributed by atoms with van der Waals surface area (Å²) in [7, 11) is -4.09. The normalized spacial score (nSPS) is 14.1. The van der Waals surface area contributed by atoms with E-state index in [0.29, 0.717) is 29.2 Å². The molecule has 2 aromatic rings. The lowest BCUT2D eigenvalue weighted by Crippen LogP contribution is -2.31. The van der Waals surface area contributed by atoms with Crippen LogP contribution in [0.25, 0.3) is 10.8 Å². The van der Waals surface area contributed by atoms with E-state index in [1.165, 1.54) is 18.2 Å². The zero-order valence-corrected chi connectivity index (χ0v) is 11.5. The molecule has 0 amide bonds. The Morgan fingerprint density at radius 1 is 1.24 bits per heavy atom. The molecule has 1 aliphatic heterocycles. The van der Waals surface area contributed by atoms with Crippen molar-refractivity contribution in [1.29, 1.82) is 0 Å². The molecule has 0 spiro atoms. The van der Waals surface area contributed by atoms with Crippen LogP contribution in [-0.2, 0) is 10.0 Å². The number of hydrogen-bond acceptors (Lipinski definition) is 6. The number of nitrogens with two attached hydrogens (primary N) is 1. The Balaban J connectivity index is 2.66. The van der Waals surface area contributed by atoms with Crippen LogP contribution in [0.5, 0.6) is 0 Å². The smallest absolute Gasteiger partial charge is 0.280 e. The van der Waals surface area contributed by atoms with E-state index in [-0.39, 0.29) is 16.0 Å². The fourth-order valence-electron chi connectivity index (χ4n) is 2.40. The number of nitrogens with zero attached hydrogens (tertiary/aromatic N) is 3. The summed E-state index contributed by atoms with van der Waals surface area (Å²) in [6.07, 6.45) is 0. The van der Waals surface area contributed by atoms with Crippen LogP contribution in [0.1, 0.15) is 0 Å². The van der Waals surface area contributed by atoms with Gasteiger partial charge in [0.1, 0.15) is 0 Å². The molecule has 0 bridgehead atoms. The van der Waals surface area contributed by atoms with Crippen molar-refractivity contribution in [3.05, 3.63) is 45.1 Å². The zero-order valence-electron chi connectivity index (χ0n) is 10.7. The summed E-state index contributed by atoms with van der Waals surface area (Å²) in [5.41, 5.74) is -0.339. The summed E-state index contributed by atoms with van der Waals surface area (Å²) < 4.78 is 23.4. The van der Waals surface area contributed by atoms with Crippen molar-refractivity contribution < 1.29 is 13.3 Å². The van der Waals surface area contributed by atoms with E-state index in [1.807, 2.05) is 0 Å². The average Bonchev–Trinajstić information content (AvgIpc) is 2.44. The number of primary sulfonamides is 1. The number of sulfonamides is 1. The minimum Gasteiger partial charge on any atom is -0.281 e. The quantitative estimate of drug-likeness (QED) is 0.600. The maximum atomic E-state index is 11.7. The van der Waals surface area contributed by atoms with Gasteiger partial charge in [0, 0.05) is 11.5 Å². The third-order valence-corrected chi connectivity index (χ3v) is 4.16. The van der Waals surface area contributed by atoms with Crippen molar-refractivity contribution >= 4 is 26.5 Å². The third-order valence-electron chi connectivity index (χ3n) is 3.21.